The molecule has 1 aromatic heterocycles. The summed E-state index contributed by atoms with van der Waals surface area (Å²) in [6.07, 6.45) is 3.80. The van der Waals surface area contributed by atoms with Crippen molar-refractivity contribution in [1.29, 1.82) is 0 Å². The predicted octanol–water partition coefficient (Wildman–Crippen LogP) is 2.01. The van der Waals surface area contributed by atoms with Gasteiger partial charge in [0.15, 0.2) is 0 Å². The first-order valence-electron chi connectivity index (χ1n) is 8.16. The van der Waals surface area contributed by atoms with E-state index in [0.29, 0.717) is 5.82 Å². The number of anilines is 1. The highest BCUT2D eigenvalue weighted by Crippen LogP contribution is 2.36. The normalized spacial score (nSPS) is 22.4. The highest BCUT2D eigenvalue weighted by Gasteiger charge is 2.51. The lowest BCUT2D eigenvalue weighted by atomic mass is 9.80. The van der Waals surface area contributed by atoms with E-state index < -0.39 is 7.12 Å². The molecule has 3 heterocycles. The van der Waals surface area contributed by atoms with Gasteiger partial charge in [0.25, 0.3) is 0 Å². The van der Waals surface area contributed by atoms with E-state index in [2.05, 4.69) is 10.3 Å². The molecule has 23 heavy (non-hydrogen) atoms. The molecule has 0 unspecified atom stereocenters. The lowest BCUT2D eigenvalue weighted by molar-refractivity contribution is 0.00578. The third-order valence-electron chi connectivity index (χ3n) is 4.94. The summed E-state index contributed by atoms with van der Waals surface area (Å²) in [6, 6.07) is 3.57. The Morgan fingerprint density at radius 3 is 2.43 bits per heavy atom. The first-order chi connectivity index (χ1) is 10.8. The van der Waals surface area contributed by atoms with Crippen molar-refractivity contribution in [2.24, 2.45) is 0 Å². The Morgan fingerprint density at radius 1 is 1.22 bits per heavy atom. The van der Waals surface area contributed by atoms with Crippen LogP contribution in [0, 0.1) is 0 Å². The number of urea groups is 1. The number of carbonyl (C=O) groups excluding carboxylic acids is 1. The zero-order valence-corrected chi connectivity index (χ0v) is 14.3. The largest absolute Gasteiger partial charge is 0.495 e. The summed E-state index contributed by atoms with van der Waals surface area (Å²) in [5, 5.41) is 2.85. The maximum Gasteiger partial charge on any atom is 0.495 e. The number of likely N-dealkylation sites (tertiary alicyclic amines) is 1. The zero-order chi connectivity index (χ0) is 16.7. The van der Waals surface area contributed by atoms with Crippen LogP contribution in [0.5, 0.6) is 0 Å². The SMILES string of the molecule is CC1(C)OB(c2ccnc(NC(=O)N3CCCC3)c2)OC1(C)C. The van der Waals surface area contributed by atoms with Gasteiger partial charge in [0.05, 0.1) is 11.2 Å². The predicted molar refractivity (Wildman–Crippen MR) is 89.8 cm³/mol. The van der Waals surface area contributed by atoms with Gasteiger partial charge in [-0.3, -0.25) is 5.32 Å². The topological polar surface area (TPSA) is 63.7 Å². The molecule has 1 N–H and O–H groups in total. The van der Waals surface area contributed by atoms with Gasteiger partial charge in [0, 0.05) is 19.3 Å². The standard InChI is InChI=1S/C16H24BN3O3/c1-15(2)16(3,4)23-17(22-15)12-7-8-18-13(11-12)19-14(21)20-9-5-6-10-20/h7-8,11H,5-6,9-10H2,1-4H3,(H,18,19,21). The van der Waals surface area contributed by atoms with E-state index in [1.165, 1.54) is 0 Å². The Morgan fingerprint density at radius 2 is 1.83 bits per heavy atom. The van der Waals surface area contributed by atoms with E-state index in [1.54, 1.807) is 6.20 Å². The molecule has 2 saturated heterocycles. The van der Waals surface area contributed by atoms with Gasteiger partial charge in [-0.15, -0.1) is 0 Å². The van der Waals surface area contributed by atoms with E-state index in [-0.39, 0.29) is 17.2 Å². The van der Waals surface area contributed by atoms with Crippen molar-refractivity contribution in [3.05, 3.63) is 18.3 Å². The summed E-state index contributed by atoms with van der Waals surface area (Å²) in [7, 11) is -0.453. The number of aromatic nitrogens is 1. The molecular weight excluding hydrogens is 293 g/mol. The minimum atomic E-state index is -0.453. The molecule has 0 atom stereocenters. The highest BCUT2D eigenvalue weighted by atomic mass is 16.7. The highest BCUT2D eigenvalue weighted by molar-refractivity contribution is 6.62. The van der Waals surface area contributed by atoms with E-state index in [4.69, 9.17) is 9.31 Å². The molecule has 6 nitrogen and oxygen atoms in total. The van der Waals surface area contributed by atoms with Gasteiger partial charge < -0.3 is 14.2 Å². The van der Waals surface area contributed by atoms with Crippen molar-refractivity contribution >= 4 is 24.4 Å². The van der Waals surface area contributed by atoms with Crippen LogP contribution in [0.4, 0.5) is 10.6 Å². The number of nitrogens with zero attached hydrogens (tertiary/aromatic N) is 2. The molecule has 3 rings (SSSR count). The van der Waals surface area contributed by atoms with Crippen LogP contribution in [-0.4, -0.2) is 47.3 Å². The Balaban J connectivity index is 1.72. The Hall–Kier alpha value is -1.60. The average Bonchev–Trinajstić information content (AvgIpc) is 3.06. The molecule has 2 fully saturated rings. The number of hydrogen-bond donors (Lipinski definition) is 1. The van der Waals surface area contributed by atoms with E-state index >= 15 is 0 Å². The van der Waals surface area contributed by atoms with Crippen LogP contribution >= 0.6 is 0 Å². The summed E-state index contributed by atoms with van der Waals surface area (Å²) in [6.45, 7) is 9.69. The number of rotatable bonds is 2. The maximum atomic E-state index is 12.2. The fourth-order valence-electron chi connectivity index (χ4n) is 2.75. The van der Waals surface area contributed by atoms with Crippen molar-refractivity contribution in [1.82, 2.24) is 9.88 Å². The van der Waals surface area contributed by atoms with Gasteiger partial charge in [-0.1, -0.05) is 0 Å². The van der Waals surface area contributed by atoms with Gasteiger partial charge in [-0.05, 0) is 58.1 Å². The van der Waals surface area contributed by atoms with E-state index in [1.807, 2.05) is 44.7 Å². The maximum absolute atomic E-state index is 12.2. The lowest BCUT2D eigenvalue weighted by Crippen LogP contribution is -2.41. The molecule has 0 aliphatic carbocycles. The summed E-state index contributed by atoms with van der Waals surface area (Å²) in [5.74, 6) is 0.522. The number of amides is 2. The molecule has 0 radical (unpaired) electrons. The Kier molecular flexibility index (Phi) is 4.10. The number of hydrogen-bond acceptors (Lipinski definition) is 4. The molecular formula is C16H24BN3O3. The van der Waals surface area contributed by atoms with Crippen LogP contribution < -0.4 is 10.8 Å². The third kappa shape index (κ3) is 3.21. The molecule has 2 aliphatic rings. The van der Waals surface area contributed by atoms with Crippen LogP contribution in [0.3, 0.4) is 0 Å². The third-order valence-corrected chi connectivity index (χ3v) is 4.94. The van der Waals surface area contributed by atoms with Crippen molar-refractivity contribution in [2.45, 2.75) is 51.7 Å². The van der Waals surface area contributed by atoms with Crippen molar-refractivity contribution < 1.29 is 14.1 Å². The van der Waals surface area contributed by atoms with Crippen LogP contribution in [0.2, 0.25) is 0 Å². The molecule has 0 bridgehead atoms. The van der Waals surface area contributed by atoms with Crippen molar-refractivity contribution in [3.63, 3.8) is 0 Å². The second-order valence-corrected chi connectivity index (χ2v) is 7.19. The number of nitrogens with one attached hydrogen (secondary N) is 1. The smallest absolute Gasteiger partial charge is 0.399 e. The van der Waals surface area contributed by atoms with Gasteiger partial charge in [-0.2, -0.15) is 0 Å². The van der Waals surface area contributed by atoms with Crippen molar-refractivity contribution in [3.8, 4) is 0 Å². The first-order valence-corrected chi connectivity index (χ1v) is 8.16. The number of carbonyl (C=O) groups is 1. The Labute approximate surface area is 137 Å². The molecule has 0 saturated carbocycles. The number of pyridine rings is 1. The van der Waals surface area contributed by atoms with Crippen LogP contribution in [0.1, 0.15) is 40.5 Å². The lowest BCUT2D eigenvalue weighted by Gasteiger charge is -2.32. The molecule has 0 aromatic carbocycles. The monoisotopic (exact) mass is 317 g/mol. The second kappa shape index (κ2) is 5.80. The van der Waals surface area contributed by atoms with Crippen LogP contribution in [0.15, 0.2) is 18.3 Å². The average molecular weight is 317 g/mol. The molecule has 1 aromatic rings. The fraction of sp³-hybridized carbons (Fsp3) is 0.625. The summed E-state index contributed by atoms with van der Waals surface area (Å²) in [4.78, 5) is 18.2. The molecule has 2 aliphatic heterocycles. The van der Waals surface area contributed by atoms with Gasteiger partial charge in [0.2, 0.25) is 0 Å². The van der Waals surface area contributed by atoms with E-state index in [9.17, 15) is 4.79 Å². The fourth-order valence-corrected chi connectivity index (χ4v) is 2.75. The quantitative estimate of drug-likeness (QED) is 0.848. The first kappa shape index (κ1) is 16.3. The molecule has 2 amide bonds. The molecule has 124 valence electrons. The van der Waals surface area contributed by atoms with Crippen molar-refractivity contribution in [2.75, 3.05) is 18.4 Å². The summed E-state index contributed by atoms with van der Waals surface area (Å²) >= 11 is 0. The van der Waals surface area contributed by atoms with E-state index in [0.717, 1.165) is 31.4 Å². The Bertz CT molecular complexity index is 584. The van der Waals surface area contributed by atoms with Gasteiger partial charge in [-0.25, -0.2) is 9.78 Å². The second-order valence-electron chi connectivity index (χ2n) is 7.19. The van der Waals surface area contributed by atoms with Crippen LogP contribution in [-0.2, 0) is 9.31 Å². The minimum Gasteiger partial charge on any atom is -0.399 e. The summed E-state index contributed by atoms with van der Waals surface area (Å²) < 4.78 is 12.1. The van der Waals surface area contributed by atoms with Gasteiger partial charge >= 0.3 is 13.1 Å². The minimum absolute atomic E-state index is 0.0962. The molecule has 7 heteroatoms. The zero-order valence-electron chi connectivity index (χ0n) is 14.3. The van der Waals surface area contributed by atoms with Gasteiger partial charge in [0.1, 0.15) is 5.82 Å². The summed E-state index contributed by atoms with van der Waals surface area (Å²) in [5.41, 5.74) is 0.0788. The molecule has 0 spiro atoms. The van der Waals surface area contributed by atoms with Crippen LogP contribution in [0.25, 0.3) is 0 Å².